The number of carboxylic acids is 1. The summed E-state index contributed by atoms with van der Waals surface area (Å²) >= 11 is 0. The highest BCUT2D eigenvalue weighted by Gasteiger charge is 2.22. The Hall–Kier alpha value is -0.830. The minimum Gasteiger partial charge on any atom is -0.481 e. The smallest absolute Gasteiger partial charge is 0.310 e. The Labute approximate surface area is 65.7 Å². The van der Waals surface area contributed by atoms with Gasteiger partial charge in [-0.15, -0.1) is 0 Å². The zero-order valence-corrected chi connectivity index (χ0v) is 6.53. The minimum absolute atomic E-state index is 0.241. The molecule has 2 N–H and O–H groups in total. The maximum absolute atomic E-state index is 10.5. The summed E-state index contributed by atoms with van der Waals surface area (Å²) in [4.78, 5) is 10.5. The van der Waals surface area contributed by atoms with Crippen molar-refractivity contribution >= 4 is 5.97 Å². The second-order valence-corrected chi connectivity index (χ2v) is 2.73. The molecule has 0 heterocycles. The van der Waals surface area contributed by atoms with Crippen LogP contribution < -0.4 is 0 Å². The monoisotopic (exact) mass is 157 g/mol. The van der Waals surface area contributed by atoms with Gasteiger partial charge in [-0.25, -0.2) is 0 Å². The second kappa shape index (κ2) is 3.53. The van der Waals surface area contributed by atoms with E-state index in [9.17, 15) is 4.79 Å². The Balaban J connectivity index is 2.49. The Kier molecular flexibility index (Phi) is 2.65. The highest BCUT2D eigenvalue weighted by atomic mass is 16.5. The fourth-order valence-electron chi connectivity index (χ4n) is 1.23. The Bertz CT molecular complexity index is 174. The number of aliphatic carboxylic acids is 1. The first-order chi connectivity index (χ1) is 5.24. The van der Waals surface area contributed by atoms with Crippen LogP contribution in [0.1, 0.15) is 12.8 Å². The number of rotatable bonds is 2. The van der Waals surface area contributed by atoms with Crippen LogP contribution in [0.5, 0.6) is 0 Å². The molecule has 0 spiro atoms. The normalized spacial score (nSPS) is 30.3. The van der Waals surface area contributed by atoms with Gasteiger partial charge in [0.1, 0.15) is 7.11 Å². The molecule has 2 unspecified atom stereocenters. The molecule has 0 aromatic carbocycles. The van der Waals surface area contributed by atoms with E-state index in [-0.39, 0.29) is 12.0 Å². The van der Waals surface area contributed by atoms with Crippen LogP contribution in [0, 0.1) is 5.92 Å². The average molecular weight is 157 g/mol. The Morgan fingerprint density at radius 1 is 1.55 bits per heavy atom. The number of aliphatic hydroxyl groups is 2. The largest absolute Gasteiger partial charge is 0.481 e. The van der Waals surface area contributed by atoms with Gasteiger partial charge in [0.05, 0.1) is 5.92 Å². The van der Waals surface area contributed by atoms with E-state index in [1.807, 2.05) is 6.08 Å². The summed E-state index contributed by atoms with van der Waals surface area (Å²) in [6.45, 7) is 0. The molecule has 1 aliphatic carbocycles. The number of hydrogen-bond donors (Lipinski definition) is 1. The molecule has 1 rings (SSSR count). The van der Waals surface area contributed by atoms with Gasteiger partial charge in [0.15, 0.2) is 6.10 Å². The van der Waals surface area contributed by atoms with Gasteiger partial charge in [0.25, 0.3) is 0 Å². The molecule has 3 heteroatoms. The summed E-state index contributed by atoms with van der Waals surface area (Å²) < 4.78 is 4.06. The maximum Gasteiger partial charge on any atom is 0.310 e. The summed E-state index contributed by atoms with van der Waals surface area (Å²) in [5.74, 6) is -1.01. The summed E-state index contributed by atoms with van der Waals surface area (Å²) in [5.41, 5.74) is 0. The minimum atomic E-state index is -0.726. The maximum atomic E-state index is 10.5. The summed E-state index contributed by atoms with van der Waals surface area (Å²) in [6.07, 6.45) is 5.44. The fourth-order valence-corrected chi connectivity index (χ4v) is 1.23. The fraction of sp³-hybridized carbons (Fsp3) is 0.625. The summed E-state index contributed by atoms with van der Waals surface area (Å²) in [5, 5.41) is 8.62. The molecule has 2 atom stereocenters. The number of hydrogen-bond acceptors (Lipinski definition) is 1. The van der Waals surface area contributed by atoms with Crippen LogP contribution in [0.2, 0.25) is 0 Å². The lowest BCUT2D eigenvalue weighted by atomic mass is 9.94. The van der Waals surface area contributed by atoms with Crippen LogP contribution in [-0.2, 0) is 4.79 Å². The molecule has 0 amide bonds. The van der Waals surface area contributed by atoms with Crippen LogP contribution >= 0.6 is 0 Å². The predicted octanol–water partition coefficient (Wildman–Crippen LogP) is 0.564. The molecule has 62 valence electrons. The van der Waals surface area contributed by atoms with Gasteiger partial charge in [-0.2, -0.15) is 0 Å². The van der Waals surface area contributed by atoms with Crippen LogP contribution in [0.15, 0.2) is 12.2 Å². The van der Waals surface area contributed by atoms with E-state index in [1.165, 1.54) is 0 Å². The van der Waals surface area contributed by atoms with Crippen molar-refractivity contribution in [3.05, 3.63) is 12.2 Å². The molecule has 11 heavy (non-hydrogen) atoms. The van der Waals surface area contributed by atoms with E-state index in [1.54, 1.807) is 13.2 Å². The molecule has 0 aliphatic heterocycles. The van der Waals surface area contributed by atoms with E-state index in [0.29, 0.717) is 6.42 Å². The molecule has 3 nitrogen and oxygen atoms in total. The Morgan fingerprint density at radius 2 is 2.27 bits per heavy atom. The first-order valence-electron chi connectivity index (χ1n) is 3.74. The van der Waals surface area contributed by atoms with Crippen LogP contribution in [0.25, 0.3) is 0 Å². The van der Waals surface area contributed by atoms with Crippen molar-refractivity contribution in [3.63, 3.8) is 0 Å². The van der Waals surface area contributed by atoms with Crippen molar-refractivity contribution in [1.29, 1.82) is 0 Å². The van der Waals surface area contributed by atoms with Gasteiger partial charge < -0.3 is 9.84 Å². The van der Waals surface area contributed by atoms with Crippen LogP contribution in [0.4, 0.5) is 0 Å². The van der Waals surface area contributed by atoms with Gasteiger partial charge in [-0.05, 0) is 12.5 Å². The van der Waals surface area contributed by atoms with E-state index >= 15 is 0 Å². The molecule has 0 aromatic heterocycles. The van der Waals surface area contributed by atoms with Crippen molar-refractivity contribution in [2.45, 2.75) is 18.9 Å². The molecule has 0 saturated heterocycles. The van der Waals surface area contributed by atoms with Gasteiger partial charge in [-0.1, -0.05) is 6.08 Å². The lowest BCUT2D eigenvalue weighted by Crippen LogP contribution is -2.21. The predicted molar refractivity (Wildman–Crippen MR) is 41.4 cm³/mol. The average Bonchev–Trinajstić information content (AvgIpc) is 2.05. The van der Waals surface area contributed by atoms with Crippen LogP contribution in [0.3, 0.4) is 0 Å². The quantitative estimate of drug-likeness (QED) is 0.470. The number of carboxylic acid groups (broad SMARTS) is 1. The Morgan fingerprint density at radius 3 is 2.64 bits per heavy atom. The molecular formula is C8H13O3+. The zero-order valence-electron chi connectivity index (χ0n) is 6.53. The van der Waals surface area contributed by atoms with Crippen molar-refractivity contribution < 1.29 is 14.6 Å². The van der Waals surface area contributed by atoms with E-state index in [0.717, 1.165) is 6.42 Å². The lowest BCUT2D eigenvalue weighted by molar-refractivity contribution is -0.141. The molecule has 0 radical (unpaired) electrons. The third-order valence-corrected chi connectivity index (χ3v) is 1.99. The van der Waals surface area contributed by atoms with E-state index < -0.39 is 5.97 Å². The summed E-state index contributed by atoms with van der Waals surface area (Å²) in [6, 6.07) is 0. The third-order valence-electron chi connectivity index (χ3n) is 1.99. The first kappa shape index (κ1) is 8.27. The lowest BCUT2D eigenvalue weighted by Gasteiger charge is -2.15. The topological polar surface area (TPSA) is 50.1 Å². The molecule has 0 saturated carbocycles. The number of carbonyl (C=O) groups is 1. The van der Waals surface area contributed by atoms with Gasteiger partial charge in [0.2, 0.25) is 0 Å². The third kappa shape index (κ3) is 2.05. The molecule has 1 aliphatic rings. The molecule has 0 aromatic rings. The molecular weight excluding hydrogens is 144 g/mol. The van der Waals surface area contributed by atoms with Crippen molar-refractivity contribution in [1.82, 2.24) is 0 Å². The molecule has 0 bridgehead atoms. The zero-order chi connectivity index (χ0) is 8.27. The summed E-state index contributed by atoms with van der Waals surface area (Å²) in [7, 11) is 1.76. The second-order valence-electron chi connectivity index (χ2n) is 2.73. The van der Waals surface area contributed by atoms with Crippen molar-refractivity contribution in [3.8, 4) is 0 Å². The highest BCUT2D eigenvalue weighted by molar-refractivity contribution is 5.72. The van der Waals surface area contributed by atoms with Gasteiger partial charge in [0, 0.05) is 6.42 Å². The van der Waals surface area contributed by atoms with Gasteiger partial charge >= 0.3 is 5.97 Å². The SMILES string of the molecule is C[OH+]C1C=CC(C(=O)O)CC1. The van der Waals surface area contributed by atoms with Crippen molar-refractivity contribution in [2.24, 2.45) is 5.92 Å². The highest BCUT2D eigenvalue weighted by Crippen LogP contribution is 2.18. The standard InChI is InChI=1S/C8H12O3/c1-11-7-4-2-6(3-5-7)8(9)10/h2,4,6-7H,3,5H2,1H3,(H,9,10)/p+1. The molecule has 0 fully saturated rings. The van der Waals surface area contributed by atoms with Gasteiger partial charge in [-0.3, -0.25) is 4.79 Å². The number of ether oxygens (including phenoxy) is 1. The van der Waals surface area contributed by atoms with Crippen LogP contribution in [-0.4, -0.2) is 29.0 Å². The van der Waals surface area contributed by atoms with E-state index in [4.69, 9.17) is 5.11 Å². The van der Waals surface area contributed by atoms with E-state index in [2.05, 4.69) is 4.74 Å². The van der Waals surface area contributed by atoms with Crippen molar-refractivity contribution in [2.75, 3.05) is 7.11 Å². The first-order valence-corrected chi connectivity index (χ1v) is 3.74.